The third-order valence-corrected chi connectivity index (χ3v) is 5.12. The maximum Gasteiger partial charge on any atom is 0.270 e. The Labute approximate surface area is 175 Å². The summed E-state index contributed by atoms with van der Waals surface area (Å²) in [4.78, 5) is 14.8. The lowest BCUT2D eigenvalue weighted by molar-refractivity contribution is -0.384. The van der Waals surface area contributed by atoms with Crippen molar-refractivity contribution in [2.24, 2.45) is 0 Å². The molecule has 0 atom stereocenters. The Morgan fingerprint density at radius 2 is 1.93 bits per heavy atom. The van der Waals surface area contributed by atoms with Crippen LogP contribution < -0.4 is 0 Å². The molecule has 0 bridgehead atoms. The van der Waals surface area contributed by atoms with E-state index in [1.54, 1.807) is 18.2 Å². The summed E-state index contributed by atoms with van der Waals surface area (Å²) < 4.78 is 7.27. The Morgan fingerprint density at radius 3 is 2.70 bits per heavy atom. The fraction of sp³-hybridized carbons (Fsp3) is 0.100. The Morgan fingerprint density at radius 1 is 1.13 bits per heavy atom. The highest BCUT2D eigenvalue weighted by molar-refractivity contribution is 7.98. The summed E-state index contributed by atoms with van der Waals surface area (Å²) in [5.41, 5.74) is 1.45. The third-order valence-electron chi connectivity index (χ3n) is 4.17. The van der Waals surface area contributed by atoms with Crippen LogP contribution in [0.25, 0.3) is 22.8 Å². The van der Waals surface area contributed by atoms with E-state index in [-0.39, 0.29) is 5.69 Å². The molecule has 0 spiro atoms. The van der Waals surface area contributed by atoms with E-state index >= 15 is 0 Å². The minimum absolute atomic E-state index is 0.0285. The number of aromatic nitrogens is 5. The van der Waals surface area contributed by atoms with E-state index in [1.165, 1.54) is 23.9 Å². The largest absolute Gasteiger partial charge is 0.338 e. The standard InChI is InChI=1S/C20H16N6O3S/c1-2-11-25-19(14-7-4-3-5-8-14)22-23-20(25)30-13-17-21-18(24-29-17)15-9-6-10-16(12-15)26(27)28/h2-10,12H,1,11,13H2. The second-order valence-electron chi connectivity index (χ2n) is 6.18. The van der Waals surface area contributed by atoms with Gasteiger partial charge in [-0.2, -0.15) is 4.98 Å². The summed E-state index contributed by atoms with van der Waals surface area (Å²) in [6.07, 6.45) is 1.78. The highest BCUT2D eigenvalue weighted by Crippen LogP contribution is 2.27. The Kier molecular flexibility index (Phi) is 5.66. The monoisotopic (exact) mass is 420 g/mol. The van der Waals surface area contributed by atoms with E-state index in [4.69, 9.17) is 4.52 Å². The number of hydrogen-bond acceptors (Lipinski definition) is 8. The molecule has 4 aromatic rings. The van der Waals surface area contributed by atoms with Gasteiger partial charge < -0.3 is 4.52 Å². The summed E-state index contributed by atoms with van der Waals surface area (Å²) in [5, 5.41) is 24.2. The number of thioether (sulfide) groups is 1. The average Bonchev–Trinajstić information content (AvgIpc) is 3.40. The molecule has 0 aliphatic heterocycles. The van der Waals surface area contributed by atoms with Crippen LogP contribution >= 0.6 is 11.8 Å². The minimum atomic E-state index is -0.461. The number of nitro benzene ring substituents is 1. The van der Waals surface area contributed by atoms with Crippen LogP contribution in [0.15, 0.2) is 76.9 Å². The molecule has 0 aliphatic carbocycles. The summed E-state index contributed by atoms with van der Waals surface area (Å²) in [5.74, 6) is 1.81. The maximum atomic E-state index is 11.0. The van der Waals surface area contributed by atoms with E-state index in [1.807, 2.05) is 34.9 Å². The van der Waals surface area contributed by atoms with Gasteiger partial charge in [0.15, 0.2) is 11.0 Å². The zero-order valence-electron chi connectivity index (χ0n) is 15.7. The maximum absolute atomic E-state index is 11.0. The molecule has 0 aliphatic rings. The van der Waals surface area contributed by atoms with Gasteiger partial charge in [0.25, 0.3) is 5.69 Å². The van der Waals surface area contributed by atoms with Gasteiger partial charge in [-0.3, -0.25) is 14.7 Å². The molecule has 0 unspecified atom stereocenters. The number of rotatable bonds is 8. The fourth-order valence-corrected chi connectivity index (χ4v) is 3.59. The third kappa shape index (κ3) is 4.13. The Bertz CT molecular complexity index is 1190. The molecule has 2 heterocycles. The highest BCUT2D eigenvalue weighted by atomic mass is 32.2. The van der Waals surface area contributed by atoms with Crippen LogP contribution in [-0.4, -0.2) is 29.8 Å². The normalized spacial score (nSPS) is 10.8. The Balaban J connectivity index is 1.52. The molecule has 0 saturated heterocycles. The molecule has 0 saturated carbocycles. The van der Waals surface area contributed by atoms with E-state index in [0.717, 1.165) is 11.4 Å². The number of non-ortho nitro benzene ring substituents is 1. The summed E-state index contributed by atoms with van der Waals surface area (Å²) >= 11 is 1.41. The molecule has 9 nitrogen and oxygen atoms in total. The molecule has 150 valence electrons. The fourth-order valence-electron chi connectivity index (χ4n) is 2.81. The summed E-state index contributed by atoms with van der Waals surface area (Å²) in [6, 6.07) is 15.9. The van der Waals surface area contributed by atoms with Crippen molar-refractivity contribution in [1.82, 2.24) is 24.9 Å². The number of nitrogens with zero attached hydrogens (tertiary/aromatic N) is 6. The Hall–Kier alpha value is -3.79. The molecular weight excluding hydrogens is 404 g/mol. The zero-order valence-corrected chi connectivity index (χ0v) is 16.5. The smallest absolute Gasteiger partial charge is 0.270 e. The first-order chi connectivity index (χ1) is 14.7. The molecule has 0 N–H and O–H groups in total. The summed E-state index contributed by atoms with van der Waals surface area (Å²) in [6.45, 7) is 4.37. The SMILES string of the molecule is C=CCn1c(SCc2nc(-c3cccc([N+](=O)[O-])c3)no2)nnc1-c1ccccc1. The lowest BCUT2D eigenvalue weighted by atomic mass is 10.2. The van der Waals surface area contributed by atoms with Crippen molar-refractivity contribution in [2.45, 2.75) is 17.5 Å². The van der Waals surface area contributed by atoms with Crippen molar-refractivity contribution in [1.29, 1.82) is 0 Å². The van der Waals surface area contributed by atoms with E-state index in [2.05, 4.69) is 26.9 Å². The van der Waals surface area contributed by atoms with Gasteiger partial charge in [-0.05, 0) is 0 Å². The molecule has 30 heavy (non-hydrogen) atoms. The molecule has 10 heteroatoms. The molecule has 2 aromatic heterocycles. The van der Waals surface area contributed by atoms with Gasteiger partial charge in [0.05, 0.1) is 10.7 Å². The lowest BCUT2D eigenvalue weighted by Crippen LogP contribution is -2.00. The highest BCUT2D eigenvalue weighted by Gasteiger charge is 2.16. The van der Waals surface area contributed by atoms with Crippen molar-refractivity contribution in [3.8, 4) is 22.8 Å². The predicted molar refractivity (Wildman–Crippen MR) is 112 cm³/mol. The van der Waals surface area contributed by atoms with Gasteiger partial charge in [0, 0.05) is 29.8 Å². The molecule has 0 radical (unpaired) electrons. The van der Waals surface area contributed by atoms with E-state index in [9.17, 15) is 10.1 Å². The number of benzene rings is 2. The van der Waals surface area contributed by atoms with Gasteiger partial charge in [-0.1, -0.05) is 65.5 Å². The van der Waals surface area contributed by atoms with Crippen LogP contribution in [0.3, 0.4) is 0 Å². The van der Waals surface area contributed by atoms with Gasteiger partial charge in [-0.25, -0.2) is 0 Å². The second-order valence-corrected chi connectivity index (χ2v) is 7.12. The molecule has 4 rings (SSSR count). The van der Waals surface area contributed by atoms with Crippen LogP contribution in [0.5, 0.6) is 0 Å². The topological polar surface area (TPSA) is 113 Å². The van der Waals surface area contributed by atoms with Crippen LogP contribution in [0, 0.1) is 10.1 Å². The molecule has 2 aromatic carbocycles. The molecule has 0 fully saturated rings. The first kappa shape index (κ1) is 19.5. The van der Waals surface area contributed by atoms with Crippen molar-refractivity contribution in [2.75, 3.05) is 0 Å². The summed E-state index contributed by atoms with van der Waals surface area (Å²) in [7, 11) is 0. The number of allylic oxidation sites excluding steroid dienone is 1. The van der Waals surface area contributed by atoms with Crippen LogP contribution in [0.4, 0.5) is 5.69 Å². The van der Waals surface area contributed by atoms with Crippen molar-refractivity contribution in [3.05, 3.63) is 83.3 Å². The quantitative estimate of drug-likeness (QED) is 0.179. The predicted octanol–water partition coefficient (Wildman–Crippen LogP) is 4.38. The van der Waals surface area contributed by atoms with Crippen molar-refractivity contribution >= 4 is 17.4 Å². The van der Waals surface area contributed by atoms with Gasteiger partial charge in [0.2, 0.25) is 11.7 Å². The first-order valence-electron chi connectivity index (χ1n) is 8.95. The van der Waals surface area contributed by atoms with Crippen LogP contribution in [0.1, 0.15) is 5.89 Å². The van der Waals surface area contributed by atoms with Gasteiger partial charge in [0.1, 0.15) is 0 Å². The lowest BCUT2D eigenvalue weighted by Gasteiger charge is -2.06. The van der Waals surface area contributed by atoms with E-state index in [0.29, 0.717) is 34.7 Å². The molecular formula is C20H16N6O3S. The number of hydrogen-bond donors (Lipinski definition) is 0. The van der Waals surface area contributed by atoms with Gasteiger partial charge in [-0.15, -0.1) is 16.8 Å². The van der Waals surface area contributed by atoms with Crippen molar-refractivity contribution in [3.63, 3.8) is 0 Å². The second kappa shape index (κ2) is 8.70. The van der Waals surface area contributed by atoms with Crippen LogP contribution in [-0.2, 0) is 12.3 Å². The van der Waals surface area contributed by atoms with Gasteiger partial charge >= 0.3 is 0 Å². The average molecular weight is 420 g/mol. The van der Waals surface area contributed by atoms with E-state index < -0.39 is 4.92 Å². The number of nitro groups is 1. The zero-order chi connectivity index (χ0) is 20.9. The van der Waals surface area contributed by atoms with Crippen molar-refractivity contribution < 1.29 is 9.45 Å². The molecule has 0 amide bonds. The first-order valence-corrected chi connectivity index (χ1v) is 9.94. The van der Waals surface area contributed by atoms with Crippen LogP contribution in [0.2, 0.25) is 0 Å². The minimum Gasteiger partial charge on any atom is -0.338 e.